The highest BCUT2D eigenvalue weighted by atomic mass is 79.9. The quantitative estimate of drug-likeness (QED) is 0.765. The third kappa shape index (κ3) is 3.15. The molecule has 23 heavy (non-hydrogen) atoms. The van der Waals surface area contributed by atoms with E-state index in [1.807, 2.05) is 6.07 Å². The summed E-state index contributed by atoms with van der Waals surface area (Å²) >= 11 is 3.30. The second-order valence-electron chi connectivity index (χ2n) is 6.32. The first-order valence-electron chi connectivity index (χ1n) is 7.55. The maximum Gasteiger partial charge on any atom is 0.227 e. The number of amides is 1. The minimum absolute atomic E-state index is 0.0502. The molecule has 2 heterocycles. The number of rotatable bonds is 2. The Kier molecular flexibility index (Phi) is 4.23. The molecule has 7 heteroatoms. The van der Waals surface area contributed by atoms with Crippen molar-refractivity contribution in [2.75, 3.05) is 18.1 Å². The fraction of sp³-hybridized carbons (Fsp3) is 0.500. The van der Waals surface area contributed by atoms with Gasteiger partial charge in [0.25, 0.3) is 0 Å². The molecule has 0 saturated carbocycles. The normalized spacial score (nSPS) is 25.7. The molecule has 0 aliphatic carbocycles. The molecule has 122 valence electrons. The van der Waals surface area contributed by atoms with Crippen LogP contribution in [-0.2, 0) is 21.1 Å². The average molecular weight is 397 g/mol. The molecule has 0 N–H and O–H groups in total. The summed E-state index contributed by atoms with van der Waals surface area (Å²) in [7, 11) is -3.04. The maximum absolute atomic E-state index is 12.7. The summed E-state index contributed by atoms with van der Waals surface area (Å²) in [5.74, 6) is 0.217. The van der Waals surface area contributed by atoms with Crippen LogP contribution in [0.3, 0.4) is 0 Å². The Bertz CT molecular complexity index is 800. The van der Waals surface area contributed by atoms with Crippen molar-refractivity contribution in [1.82, 2.24) is 4.90 Å². The number of hydrogen-bond acceptors (Lipinski definition) is 4. The lowest BCUT2D eigenvalue weighted by Gasteiger charge is -2.34. The minimum atomic E-state index is -3.04. The Hall–Kier alpha value is -1.39. The number of halogens is 1. The molecule has 1 atom stereocenters. The zero-order valence-electron chi connectivity index (χ0n) is 12.6. The van der Waals surface area contributed by atoms with Gasteiger partial charge >= 0.3 is 0 Å². The summed E-state index contributed by atoms with van der Waals surface area (Å²) in [5, 5.41) is 9.07. The molecule has 2 fully saturated rings. The number of hydrogen-bond donors (Lipinski definition) is 0. The molecular weight excluding hydrogens is 380 g/mol. The van der Waals surface area contributed by atoms with Gasteiger partial charge in [0.05, 0.1) is 29.0 Å². The molecule has 2 saturated heterocycles. The van der Waals surface area contributed by atoms with E-state index in [4.69, 9.17) is 5.26 Å². The molecule has 2 aliphatic rings. The van der Waals surface area contributed by atoms with Crippen molar-refractivity contribution in [1.29, 1.82) is 5.26 Å². The third-order valence-electron chi connectivity index (χ3n) is 4.77. The molecule has 0 bridgehead atoms. The molecule has 1 unspecified atom stereocenters. The van der Waals surface area contributed by atoms with Gasteiger partial charge in [0, 0.05) is 11.0 Å². The first-order chi connectivity index (χ1) is 10.9. The molecule has 5 nitrogen and oxygen atoms in total. The van der Waals surface area contributed by atoms with Crippen molar-refractivity contribution in [2.24, 2.45) is 0 Å². The van der Waals surface area contributed by atoms with E-state index in [0.717, 1.165) is 18.4 Å². The Morgan fingerprint density at radius 2 is 2.17 bits per heavy atom. The third-order valence-corrected chi connectivity index (χ3v) is 7.27. The van der Waals surface area contributed by atoms with Crippen molar-refractivity contribution in [3.63, 3.8) is 0 Å². The van der Waals surface area contributed by atoms with Gasteiger partial charge in [0.1, 0.15) is 6.07 Å². The number of nitrogens with zero attached hydrogens (tertiary/aromatic N) is 2. The van der Waals surface area contributed by atoms with Crippen molar-refractivity contribution in [3.05, 3.63) is 33.8 Å². The predicted octanol–water partition coefficient (Wildman–Crippen LogP) is 2.04. The standard InChI is InChI=1S/C16H17BrN2O3S/c17-14-3-2-12(8-13(14)10-18)9-15(20)19-6-1-4-16(19)5-7-23(21,22)11-16/h2-3,8H,1,4-7,9,11H2. The van der Waals surface area contributed by atoms with Crippen molar-refractivity contribution >= 4 is 31.7 Å². The van der Waals surface area contributed by atoms with E-state index in [0.29, 0.717) is 23.0 Å². The molecule has 1 spiro atoms. The van der Waals surface area contributed by atoms with E-state index in [1.54, 1.807) is 17.0 Å². The molecule has 2 aliphatic heterocycles. The summed E-state index contributed by atoms with van der Waals surface area (Å²) < 4.78 is 24.4. The minimum Gasteiger partial charge on any atom is -0.336 e. The first kappa shape index (κ1) is 16.5. The second kappa shape index (κ2) is 5.91. The molecule has 0 radical (unpaired) electrons. The number of likely N-dealkylation sites (tertiary alicyclic amines) is 1. The number of carbonyl (C=O) groups is 1. The smallest absolute Gasteiger partial charge is 0.227 e. The highest BCUT2D eigenvalue weighted by molar-refractivity contribution is 9.10. The van der Waals surface area contributed by atoms with Gasteiger partial charge in [0.15, 0.2) is 9.84 Å². The van der Waals surface area contributed by atoms with E-state index in [-0.39, 0.29) is 23.8 Å². The number of benzene rings is 1. The Morgan fingerprint density at radius 1 is 1.39 bits per heavy atom. The van der Waals surface area contributed by atoms with Crippen LogP contribution < -0.4 is 0 Å². The monoisotopic (exact) mass is 396 g/mol. The van der Waals surface area contributed by atoms with Crippen LogP contribution in [0.5, 0.6) is 0 Å². The van der Waals surface area contributed by atoms with Crippen LogP contribution in [0, 0.1) is 11.3 Å². The highest BCUT2D eigenvalue weighted by Gasteiger charge is 2.50. The van der Waals surface area contributed by atoms with Crippen LogP contribution in [0.4, 0.5) is 0 Å². The zero-order valence-corrected chi connectivity index (χ0v) is 15.0. The largest absolute Gasteiger partial charge is 0.336 e. The average Bonchev–Trinajstić information content (AvgIpc) is 3.04. The lowest BCUT2D eigenvalue weighted by atomic mass is 9.95. The lowest BCUT2D eigenvalue weighted by Crippen LogP contribution is -2.48. The van der Waals surface area contributed by atoms with Gasteiger partial charge in [-0.15, -0.1) is 0 Å². The molecule has 3 rings (SSSR count). The van der Waals surface area contributed by atoms with Gasteiger partial charge in [0.2, 0.25) is 5.91 Å². The lowest BCUT2D eigenvalue weighted by molar-refractivity contribution is -0.133. The fourth-order valence-corrected chi connectivity index (χ4v) is 6.11. The predicted molar refractivity (Wildman–Crippen MR) is 89.5 cm³/mol. The van der Waals surface area contributed by atoms with Crippen LogP contribution in [0.25, 0.3) is 0 Å². The van der Waals surface area contributed by atoms with Crippen LogP contribution in [0.1, 0.15) is 30.4 Å². The van der Waals surface area contributed by atoms with Gasteiger partial charge in [-0.3, -0.25) is 4.79 Å². The van der Waals surface area contributed by atoms with Crippen molar-refractivity contribution < 1.29 is 13.2 Å². The number of nitriles is 1. The summed E-state index contributed by atoms with van der Waals surface area (Å²) in [6, 6.07) is 7.37. The number of carbonyl (C=O) groups excluding carboxylic acids is 1. The molecule has 0 aromatic heterocycles. The molecule has 1 aromatic carbocycles. The Balaban J connectivity index is 1.80. The first-order valence-corrected chi connectivity index (χ1v) is 10.2. The van der Waals surface area contributed by atoms with E-state index >= 15 is 0 Å². The SMILES string of the molecule is N#Cc1cc(CC(=O)N2CCCC23CCS(=O)(=O)C3)ccc1Br. The van der Waals surface area contributed by atoms with Gasteiger partial charge in [-0.2, -0.15) is 5.26 Å². The Labute approximate surface area is 144 Å². The van der Waals surface area contributed by atoms with Crippen molar-refractivity contribution in [2.45, 2.75) is 31.2 Å². The molecule has 1 amide bonds. The van der Waals surface area contributed by atoms with Crippen LogP contribution >= 0.6 is 15.9 Å². The van der Waals surface area contributed by atoms with Crippen LogP contribution in [-0.4, -0.2) is 42.8 Å². The molecular formula is C16H17BrN2O3S. The molecule has 1 aromatic rings. The summed E-state index contributed by atoms with van der Waals surface area (Å²) in [6.45, 7) is 0.621. The second-order valence-corrected chi connectivity index (χ2v) is 9.36. The zero-order chi connectivity index (χ0) is 16.7. The highest BCUT2D eigenvalue weighted by Crippen LogP contribution is 2.39. The van der Waals surface area contributed by atoms with Gasteiger partial charge < -0.3 is 4.90 Å². The van der Waals surface area contributed by atoms with E-state index < -0.39 is 15.4 Å². The van der Waals surface area contributed by atoms with E-state index in [2.05, 4.69) is 22.0 Å². The van der Waals surface area contributed by atoms with E-state index in [1.165, 1.54) is 0 Å². The van der Waals surface area contributed by atoms with Crippen molar-refractivity contribution in [3.8, 4) is 6.07 Å². The fourth-order valence-electron chi connectivity index (χ4n) is 3.67. The van der Waals surface area contributed by atoms with Gasteiger partial charge in [-0.05, 0) is 52.9 Å². The maximum atomic E-state index is 12.7. The van der Waals surface area contributed by atoms with Gasteiger partial charge in [-0.25, -0.2) is 8.42 Å². The number of sulfone groups is 1. The van der Waals surface area contributed by atoms with Crippen LogP contribution in [0.15, 0.2) is 22.7 Å². The summed E-state index contributed by atoms with van der Waals surface area (Å²) in [6.07, 6.45) is 2.36. The van der Waals surface area contributed by atoms with Gasteiger partial charge in [-0.1, -0.05) is 6.07 Å². The Morgan fingerprint density at radius 3 is 2.83 bits per heavy atom. The van der Waals surface area contributed by atoms with Crippen LogP contribution in [0.2, 0.25) is 0 Å². The van der Waals surface area contributed by atoms with E-state index in [9.17, 15) is 13.2 Å². The topological polar surface area (TPSA) is 78.2 Å². The summed E-state index contributed by atoms with van der Waals surface area (Å²) in [5.41, 5.74) is 0.774. The summed E-state index contributed by atoms with van der Waals surface area (Å²) in [4.78, 5) is 14.5.